The second-order valence-electron chi connectivity index (χ2n) is 11.5. The predicted molar refractivity (Wildman–Crippen MR) is 151 cm³/mol. The van der Waals surface area contributed by atoms with Crippen LogP contribution in [0.15, 0.2) is 30.6 Å². The zero-order chi connectivity index (χ0) is 28.6. The Labute approximate surface area is 238 Å². The van der Waals surface area contributed by atoms with E-state index in [0.717, 1.165) is 29.5 Å². The molecule has 0 radical (unpaired) electrons. The van der Waals surface area contributed by atoms with Crippen molar-refractivity contribution < 1.29 is 23.4 Å². The van der Waals surface area contributed by atoms with Crippen molar-refractivity contribution in [1.82, 2.24) is 24.9 Å². The van der Waals surface area contributed by atoms with Crippen molar-refractivity contribution in [1.29, 1.82) is 0 Å². The highest BCUT2D eigenvalue weighted by Crippen LogP contribution is 2.42. The van der Waals surface area contributed by atoms with Crippen LogP contribution < -0.4 is 9.64 Å². The minimum absolute atomic E-state index is 0.0745. The molecule has 12 heteroatoms. The zero-order valence-electron chi connectivity index (χ0n) is 23.8. The highest BCUT2D eigenvalue weighted by Gasteiger charge is 2.50. The van der Waals surface area contributed by atoms with E-state index < -0.39 is 29.9 Å². The molecular formula is C28H37FN6O4S. The van der Waals surface area contributed by atoms with E-state index in [1.54, 1.807) is 22.9 Å². The number of methoxy groups -OCH3 is 1. The Bertz CT molecular complexity index is 1340. The number of nitrogens with zero attached hydrogens (tertiary/aromatic N) is 6. The Balaban J connectivity index is 1.37. The molecule has 216 valence electrons. The molecule has 1 amide bonds. The Hall–Kier alpha value is -3.25. The molecule has 0 N–H and O–H groups in total. The van der Waals surface area contributed by atoms with Crippen LogP contribution in [0.1, 0.15) is 46.5 Å². The van der Waals surface area contributed by atoms with Crippen LogP contribution in [-0.4, -0.2) is 81.8 Å². The highest BCUT2D eigenvalue weighted by molar-refractivity contribution is 7.18. The fraction of sp³-hybridized carbons (Fsp3) is 0.571. The minimum Gasteiger partial charge on any atom is -0.467 e. The van der Waals surface area contributed by atoms with Gasteiger partial charge < -0.3 is 19.1 Å². The molecule has 0 spiro atoms. The second kappa shape index (κ2) is 11.3. The molecular weight excluding hydrogens is 535 g/mol. The summed E-state index contributed by atoms with van der Waals surface area (Å²) in [4.78, 5) is 16.5. The third-order valence-electron chi connectivity index (χ3n) is 7.44. The number of amides is 1. The van der Waals surface area contributed by atoms with Crippen molar-refractivity contribution in [2.75, 3.05) is 25.9 Å². The van der Waals surface area contributed by atoms with Crippen LogP contribution in [0.5, 0.6) is 5.75 Å². The molecule has 4 atom stereocenters. The Kier molecular flexibility index (Phi) is 8.01. The fourth-order valence-corrected chi connectivity index (χ4v) is 6.49. The molecule has 5 rings (SSSR count). The summed E-state index contributed by atoms with van der Waals surface area (Å²) in [5.41, 5.74) is 2.06. The summed E-state index contributed by atoms with van der Waals surface area (Å²) in [5, 5.41) is 14.4. The van der Waals surface area contributed by atoms with Crippen molar-refractivity contribution in [3.05, 3.63) is 30.6 Å². The maximum atomic E-state index is 16.1. The number of halogens is 1. The van der Waals surface area contributed by atoms with Gasteiger partial charge in [0.15, 0.2) is 11.8 Å². The molecule has 0 aliphatic carbocycles. The summed E-state index contributed by atoms with van der Waals surface area (Å²) in [6.07, 6.45) is 4.92. The van der Waals surface area contributed by atoms with Gasteiger partial charge in [0.05, 0.1) is 23.8 Å². The van der Waals surface area contributed by atoms with Crippen LogP contribution in [0.2, 0.25) is 0 Å². The van der Waals surface area contributed by atoms with Crippen LogP contribution >= 0.6 is 11.3 Å². The minimum atomic E-state index is -1.24. The number of ether oxygens (including phenoxy) is 3. The van der Waals surface area contributed by atoms with Gasteiger partial charge in [-0.3, -0.25) is 9.58 Å². The maximum Gasteiger partial charge on any atom is 0.410 e. The lowest BCUT2D eigenvalue weighted by Crippen LogP contribution is -2.65. The summed E-state index contributed by atoms with van der Waals surface area (Å²) >= 11 is 1.38. The van der Waals surface area contributed by atoms with Crippen LogP contribution in [0.25, 0.3) is 21.7 Å². The third-order valence-corrected chi connectivity index (χ3v) is 8.48. The first-order valence-electron chi connectivity index (χ1n) is 13.5. The number of carbonyl (C=O) groups excluding carboxylic acids is 1. The van der Waals surface area contributed by atoms with Gasteiger partial charge in [0.1, 0.15) is 17.5 Å². The van der Waals surface area contributed by atoms with E-state index in [-0.39, 0.29) is 12.8 Å². The molecule has 3 aromatic rings. The van der Waals surface area contributed by atoms with Crippen LogP contribution in [0.3, 0.4) is 0 Å². The number of carbonyl (C=O) groups is 1. The fourth-order valence-electron chi connectivity index (χ4n) is 5.59. The monoisotopic (exact) mass is 572 g/mol. The van der Waals surface area contributed by atoms with Gasteiger partial charge in [-0.25, -0.2) is 9.18 Å². The molecule has 2 saturated heterocycles. The van der Waals surface area contributed by atoms with E-state index in [4.69, 9.17) is 14.2 Å². The van der Waals surface area contributed by atoms with E-state index in [1.807, 2.05) is 64.2 Å². The molecule has 2 aliphatic heterocycles. The number of piperidine rings is 2. The van der Waals surface area contributed by atoms with Crippen molar-refractivity contribution in [2.45, 2.75) is 76.4 Å². The molecule has 2 aliphatic rings. The standard InChI is InChI=1S/C28H37FN6O4S/c1-28(2,3)39-27(36)35-19-8-7-9-21(35)24(29)22(13-19)34(5)26-32-31-25(40-26)20-11-10-17(12-23(20)38-16-37-6)18-14-30-33(4)15-18/h10-12,14-15,19,21-22,24H,7-9,13,16H2,1-6H3/t19?,21?,22-,24+/m1/s1. The average molecular weight is 573 g/mol. The molecule has 10 nitrogen and oxygen atoms in total. The number of hydrogen-bond acceptors (Lipinski definition) is 9. The van der Waals surface area contributed by atoms with E-state index in [1.165, 1.54) is 11.3 Å². The molecule has 2 fully saturated rings. The lowest BCUT2D eigenvalue weighted by atomic mass is 9.80. The van der Waals surface area contributed by atoms with Gasteiger partial charge in [-0.1, -0.05) is 17.4 Å². The van der Waals surface area contributed by atoms with Crippen molar-refractivity contribution in [2.24, 2.45) is 7.05 Å². The summed E-state index contributed by atoms with van der Waals surface area (Å²) < 4.78 is 34.5. The average Bonchev–Trinajstić information content (AvgIpc) is 3.57. The lowest BCUT2D eigenvalue weighted by Gasteiger charge is -2.51. The highest BCUT2D eigenvalue weighted by atomic mass is 32.1. The Morgan fingerprint density at radius 1 is 1.23 bits per heavy atom. The quantitative estimate of drug-likeness (QED) is 0.353. The van der Waals surface area contributed by atoms with Crippen molar-refractivity contribution in [3.63, 3.8) is 0 Å². The van der Waals surface area contributed by atoms with Gasteiger partial charge in [-0.15, -0.1) is 10.2 Å². The van der Waals surface area contributed by atoms with Crippen molar-refractivity contribution in [3.8, 4) is 27.4 Å². The van der Waals surface area contributed by atoms with Gasteiger partial charge in [0.25, 0.3) is 0 Å². The molecule has 40 heavy (non-hydrogen) atoms. The number of alkyl halides is 1. The third kappa shape index (κ3) is 5.78. The maximum absolute atomic E-state index is 16.1. The Morgan fingerprint density at radius 3 is 2.73 bits per heavy atom. The topological polar surface area (TPSA) is 94.8 Å². The molecule has 4 heterocycles. The van der Waals surface area contributed by atoms with Gasteiger partial charge in [0, 0.05) is 39.0 Å². The first kappa shape index (κ1) is 28.3. The van der Waals surface area contributed by atoms with Crippen LogP contribution in [0, 0.1) is 0 Å². The second-order valence-corrected chi connectivity index (χ2v) is 12.4. The number of rotatable bonds is 7. The number of hydrogen-bond donors (Lipinski definition) is 0. The van der Waals surface area contributed by atoms with E-state index in [9.17, 15) is 4.79 Å². The largest absolute Gasteiger partial charge is 0.467 e. The number of aryl methyl sites for hydroxylation is 1. The predicted octanol–water partition coefficient (Wildman–Crippen LogP) is 5.29. The lowest BCUT2D eigenvalue weighted by molar-refractivity contribution is -0.0466. The van der Waals surface area contributed by atoms with Crippen LogP contribution in [0.4, 0.5) is 14.3 Å². The molecule has 2 aromatic heterocycles. The smallest absolute Gasteiger partial charge is 0.410 e. The molecule has 2 unspecified atom stereocenters. The number of aromatic nitrogens is 4. The first-order chi connectivity index (χ1) is 19.1. The molecule has 2 bridgehead atoms. The first-order valence-corrected chi connectivity index (χ1v) is 14.3. The Morgan fingerprint density at radius 2 is 2.02 bits per heavy atom. The summed E-state index contributed by atoms with van der Waals surface area (Å²) in [6, 6.07) is 4.85. The number of anilines is 1. The van der Waals surface area contributed by atoms with Gasteiger partial charge in [0.2, 0.25) is 5.13 Å². The number of fused-ring (bicyclic) bond motifs is 2. The molecule has 0 saturated carbocycles. The SMILES string of the molecule is COCOc1cc(-c2cnn(C)c2)ccc1-c1nnc(N(C)[C@@H]2CC3CCCC([C@@H]2F)N3C(=O)OC(C)(C)C)s1. The summed E-state index contributed by atoms with van der Waals surface area (Å²) in [5.74, 6) is 0.608. The normalized spacial score (nSPS) is 22.7. The number of benzene rings is 1. The zero-order valence-corrected chi connectivity index (χ0v) is 24.7. The van der Waals surface area contributed by atoms with Gasteiger partial charge in [-0.05, 0) is 64.2 Å². The van der Waals surface area contributed by atoms with Gasteiger partial charge >= 0.3 is 6.09 Å². The van der Waals surface area contributed by atoms with Crippen LogP contribution in [-0.2, 0) is 16.5 Å². The van der Waals surface area contributed by atoms with E-state index in [0.29, 0.717) is 28.7 Å². The molecule has 1 aromatic carbocycles. The van der Waals surface area contributed by atoms with Crippen molar-refractivity contribution >= 4 is 22.6 Å². The van der Waals surface area contributed by atoms with Gasteiger partial charge in [-0.2, -0.15) is 5.10 Å². The van der Waals surface area contributed by atoms with E-state index >= 15 is 4.39 Å². The summed E-state index contributed by atoms with van der Waals surface area (Å²) in [6.45, 7) is 5.58. The summed E-state index contributed by atoms with van der Waals surface area (Å²) in [7, 11) is 5.30. The van der Waals surface area contributed by atoms with E-state index in [2.05, 4.69) is 15.3 Å².